The molecule has 0 saturated carbocycles. The maximum Gasteiger partial charge on any atom is 0.0840 e. The van der Waals surface area contributed by atoms with Gasteiger partial charge >= 0.3 is 0 Å². The van der Waals surface area contributed by atoms with Gasteiger partial charge in [-0.3, -0.25) is 0 Å². The third-order valence-electron chi connectivity index (χ3n) is 4.36. The van der Waals surface area contributed by atoms with E-state index in [-0.39, 0.29) is 12.0 Å². The zero-order valence-electron chi connectivity index (χ0n) is 10.9. The van der Waals surface area contributed by atoms with Gasteiger partial charge in [0.05, 0.1) is 12.7 Å². The zero-order chi connectivity index (χ0) is 12.4. The smallest absolute Gasteiger partial charge is 0.0840 e. The quantitative estimate of drug-likeness (QED) is 0.869. The number of hydrogen-bond acceptors (Lipinski definition) is 2. The maximum absolute atomic E-state index is 10.5. The summed E-state index contributed by atoms with van der Waals surface area (Å²) >= 11 is 0. The van der Waals surface area contributed by atoms with E-state index in [9.17, 15) is 5.11 Å². The summed E-state index contributed by atoms with van der Waals surface area (Å²) in [7, 11) is 0. The van der Waals surface area contributed by atoms with Gasteiger partial charge in [0.15, 0.2) is 0 Å². The van der Waals surface area contributed by atoms with Crippen LogP contribution in [-0.4, -0.2) is 18.3 Å². The molecule has 0 spiro atoms. The summed E-state index contributed by atoms with van der Waals surface area (Å²) in [4.78, 5) is 0. The molecular formula is C16H22O2. The van der Waals surface area contributed by atoms with Gasteiger partial charge in [0.1, 0.15) is 0 Å². The molecule has 2 heteroatoms. The van der Waals surface area contributed by atoms with Crippen molar-refractivity contribution in [1.29, 1.82) is 0 Å². The molecule has 1 heterocycles. The Morgan fingerprint density at radius 2 is 1.94 bits per heavy atom. The van der Waals surface area contributed by atoms with Crippen LogP contribution in [0.25, 0.3) is 0 Å². The molecule has 0 radical (unpaired) electrons. The summed E-state index contributed by atoms with van der Waals surface area (Å²) in [5, 5.41) is 10.5. The lowest BCUT2D eigenvalue weighted by Crippen LogP contribution is -2.23. The molecule has 0 bridgehead atoms. The minimum absolute atomic E-state index is 0.278. The molecule has 1 aromatic rings. The molecule has 2 aliphatic rings. The first kappa shape index (κ1) is 12.2. The molecule has 1 N–H and O–H groups in total. The van der Waals surface area contributed by atoms with Crippen LogP contribution in [0.15, 0.2) is 18.2 Å². The second-order valence-electron chi connectivity index (χ2n) is 5.66. The van der Waals surface area contributed by atoms with E-state index in [4.69, 9.17) is 4.74 Å². The lowest BCUT2D eigenvalue weighted by Gasteiger charge is -2.28. The molecule has 18 heavy (non-hydrogen) atoms. The van der Waals surface area contributed by atoms with E-state index in [1.165, 1.54) is 36.8 Å². The number of aliphatic hydroxyl groups excluding tert-OH is 1. The number of rotatable bonds is 2. The first-order valence-electron chi connectivity index (χ1n) is 7.22. The van der Waals surface area contributed by atoms with Gasteiger partial charge in [-0.05, 0) is 55.2 Å². The Labute approximate surface area is 109 Å². The van der Waals surface area contributed by atoms with E-state index in [0.717, 1.165) is 25.0 Å². The molecule has 2 unspecified atom stereocenters. The zero-order valence-corrected chi connectivity index (χ0v) is 10.9. The topological polar surface area (TPSA) is 29.5 Å². The number of ether oxygens (including phenoxy) is 1. The molecule has 1 aromatic carbocycles. The third-order valence-corrected chi connectivity index (χ3v) is 4.36. The standard InChI is InChI=1S/C16H22O2/c17-16(15-6-3-9-18-11-15)14-8-7-12-4-1-2-5-13(12)10-14/h7-8,10,15-17H,1-6,9,11H2. The largest absolute Gasteiger partial charge is 0.388 e. The van der Waals surface area contributed by atoms with E-state index in [1.807, 2.05) is 0 Å². The SMILES string of the molecule is OC(c1ccc2c(c1)CCCC2)C1CCCOC1. The highest BCUT2D eigenvalue weighted by molar-refractivity contribution is 5.35. The predicted octanol–water partition coefficient (Wildman–Crippen LogP) is 3.03. The average Bonchev–Trinajstić information content (AvgIpc) is 2.47. The van der Waals surface area contributed by atoms with E-state index in [2.05, 4.69) is 18.2 Å². The van der Waals surface area contributed by atoms with E-state index < -0.39 is 0 Å². The van der Waals surface area contributed by atoms with Gasteiger partial charge < -0.3 is 9.84 Å². The van der Waals surface area contributed by atoms with Gasteiger partial charge in [0, 0.05) is 12.5 Å². The van der Waals surface area contributed by atoms with Crippen LogP contribution < -0.4 is 0 Å². The average molecular weight is 246 g/mol. The molecule has 98 valence electrons. The second kappa shape index (κ2) is 5.41. The van der Waals surface area contributed by atoms with E-state index in [0.29, 0.717) is 6.61 Å². The fourth-order valence-electron chi connectivity index (χ4n) is 3.22. The van der Waals surface area contributed by atoms with Gasteiger partial charge in [-0.2, -0.15) is 0 Å². The Kier molecular flexibility index (Phi) is 3.67. The summed E-state index contributed by atoms with van der Waals surface area (Å²) in [6.45, 7) is 1.56. The summed E-state index contributed by atoms with van der Waals surface area (Å²) in [6, 6.07) is 6.56. The minimum atomic E-state index is -0.350. The van der Waals surface area contributed by atoms with Crippen LogP contribution in [0.4, 0.5) is 0 Å². The maximum atomic E-state index is 10.5. The highest BCUT2D eigenvalue weighted by Crippen LogP contribution is 2.31. The van der Waals surface area contributed by atoms with Crippen LogP contribution >= 0.6 is 0 Å². The third kappa shape index (κ3) is 2.45. The van der Waals surface area contributed by atoms with Crippen molar-refractivity contribution in [2.75, 3.05) is 13.2 Å². The number of benzene rings is 1. The molecule has 2 atom stereocenters. The first-order chi connectivity index (χ1) is 8.84. The minimum Gasteiger partial charge on any atom is -0.388 e. The Balaban J connectivity index is 1.78. The van der Waals surface area contributed by atoms with Crippen LogP contribution in [0.2, 0.25) is 0 Å². The molecule has 1 fully saturated rings. The summed E-state index contributed by atoms with van der Waals surface area (Å²) in [5.41, 5.74) is 4.03. The fraction of sp³-hybridized carbons (Fsp3) is 0.625. The van der Waals surface area contributed by atoms with Crippen LogP contribution in [-0.2, 0) is 17.6 Å². The number of aliphatic hydroxyl groups is 1. The van der Waals surface area contributed by atoms with Crippen molar-refractivity contribution in [3.05, 3.63) is 34.9 Å². The normalized spacial score (nSPS) is 25.5. The van der Waals surface area contributed by atoms with Crippen LogP contribution in [0.5, 0.6) is 0 Å². The van der Waals surface area contributed by atoms with Crippen LogP contribution in [0, 0.1) is 5.92 Å². The molecule has 1 aliphatic carbocycles. The highest BCUT2D eigenvalue weighted by atomic mass is 16.5. The lowest BCUT2D eigenvalue weighted by molar-refractivity contribution is -0.00999. The van der Waals surface area contributed by atoms with Gasteiger partial charge in [-0.1, -0.05) is 18.2 Å². The van der Waals surface area contributed by atoms with Crippen molar-refractivity contribution in [2.24, 2.45) is 5.92 Å². The lowest BCUT2D eigenvalue weighted by atomic mass is 9.86. The molecule has 0 aromatic heterocycles. The van der Waals surface area contributed by atoms with Crippen molar-refractivity contribution < 1.29 is 9.84 Å². The summed E-state index contributed by atoms with van der Waals surface area (Å²) in [5.74, 6) is 0.278. The van der Waals surface area contributed by atoms with Gasteiger partial charge in [-0.25, -0.2) is 0 Å². The monoisotopic (exact) mass is 246 g/mol. The Bertz CT molecular complexity index is 408. The van der Waals surface area contributed by atoms with Crippen molar-refractivity contribution in [3.63, 3.8) is 0 Å². The van der Waals surface area contributed by atoms with Gasteiger partial charge in [-0.15, -0.1) is 0 Å². The van der Waals surface area contributed by atoms with E-state index in [1.54, 1.807) is 0 Å². The Hall–Kier alpha value is -0.860. The fourth-order valence-corrected chi connectivity index (χ4v) is 3.22. The Morgan fingerprint density at radius 3 is 2.72 bits per heavy atom. The molecule has 1 saturated heterocycles. The number of hydrogen-bond donors (Lipinski definition) is 1. The molecular weight excluding hydrogens is 224 g/mol. The second-order valence-corrected chi connectivity index (χ2v) is 5.66. The van der Waals surface area contributed by atoms with Gasteiger partial charge in [0.2, 0.25) is 0 Å². The van der Waals surface area contributed by atoms with Crippen molar-refractivity contribution in [1.82, 2.24) is 0 Å². The number of fused-ring (bicyclic) bond motifs is 1. The summed E-state index contributed by atoms with van der Waals surface area (Å²) < 4.78 is 5.48. The summed E-state index contributed by atoms with van der Waals surface area (Å²) in [6.07, 6.45) is 6.79. The van der Waals surface area contributed by atoms with Crippen LogP contribution in [0.3, 0.4) is 0 Å². The molecule has 1 aliphatic heterocycles. The first-order valence-corrected chi connectivity index (χ1v) is 7.22. The molecule has 3 rings (SSSR count). The van der Waals surface area contributed by atoms with E-state index >= 15 is 0 Å². The molecule has 0 amide bonds. The number of aryl methyl sites for hydroxylation is 2. The highest BCUT2D eigenvalue weighted by Gasteiger charge is 2.24. The molecule has 2 nitrogen and oxygen atoms in total. The van der Waals surface area contributed by atoms with Crippen molar-refractivity contribution in [3.8, 4) is 0 Å². The van der Waals surface area contributed by atoms with Gasteiger partial charge in [0.25, 0.3) is 0 Å². The Morgan fingerprint density at radius 1 is 1.11 bits per heavy atom. The van der Waals surface area contributed by atoms with Crippen molar-refractivity contribution >= 4 is 0 Å². The predicted molar refractivity (Wildman–Crippen MR) is 71.6 cm³/mol. The van der Waals surface area contributed by atoms with Crippen LogP contribution in [0.1, 0.15) is 48.5 Å². The van der Waals surface area contributed by atoms with Crippen molar-refractivity contribution in [2.45, 2.75) is 44.6 Å².